The molecule has 0 aliphatic rings. The summed E-state index contributed by atoms with van der Waals surface area (Å²) in [5, 5.41) is 0. The number of methoxy groups -OCH3 is 2. The lowest BCUT2D eigenvalue weighted by atomic mass is 10.0. The van der Waals surface area contributed by atoms with Crippen molar-refractivity contribution in [3.8, 4) is 33.1 Å². The van der Waals surface area contributed by atoms with E-state index in [2.05, 4.69) is 43.3 Å². The van der Waals surface area contributed by atoms with E-state index in [0.717, 1.165) is 17.9 Å². The molecule has 0 aliphatic heterocycles. The van der Waals surface area contributed by atoms with Gasteiger partial charge < -0.3 is 9.47 Å². The molecule has 2 aromatic carbocycles. The molecule has 29 heavy (non-hydrogen) atoms. The van der Waals surface area contributed by atoms with E-state index in [9.17, 15) is 0 Å². The van der Waals surface area contributed by atoms with Crippen LogP contribution in [0.3, 0.4) is 0 Å². The number of halogens is 1. The first-order chi connectivity index (χ1) is 13.7. The molecule has 0 bridgehead atoms. The molecule has 8 heteroatoms. The molecular weight excluding hydrogens is 416 g/mol. The number of ether oxygens (including phenoxy) is 2. The zero-order valence-electron chi connectivity index (χ0n) is 16.2. The van der Waals surface area contributed by atoms with Crippen LogP contribution in [0.15, 0.2) is 60.7 Å². The minimum absolute atomic E-state index is 0.874. The summed E-state index contributed by atoms with van der Waals surface area (Å²) in [6.07, 6.45) is 1.04. The quantitative estimate of drug-likeness (QED) is 0.555. The van der Waals surface area contributed by atoms with Gasteiger partial charge in [0.05, 0.1) is 14.2 Å². The van der Waals surface area contributed by atoms with E-state index in [4.69, 9.17) is 28.1 Å². The van der Waals surface area contributed by atoms with Gasteiger partial charge in [0.25, 0.3) is 0 Å². The minimum atomic E-state index is -4.94. The lowest BCUT2D eigenvalue weighted by Crippen LogP contribution is -2.68. The predicted molar refractivity (Wildman–Crippen MR) is 102 cm³/mol. The first-order valence-corrected chi connectivity index (χ1v) is 10.7. The van der Waals surface area contributed by atoms with Crippen molar-refractivity contribution in [3.05, 3.63) is 65.5 Å². The molecule has 3 aromatic rings. The molecule has 0 spiro atoms. The first kappa shape index (κ1) is 23.0. The predicted octanol–water partition coefficient (Wildman–Crippen LogP) is 1.19. The molecule has 0 atom stereocenters. The average Bonchev–Trinajstić information content (AvgIpc) is 2.72. The van der Waals surface area contributed by atoms with Crippen molar-refractivity contribution in [2.45, 2.75) is 13.3 Å². The Labute approximate surface area is 176 Å². The number of hydrogen-bond donors (Lipinski definition) is 0. The summed E-state index contributed by atoms with van der Waals surface area (Å²) in [6.45, 7) is 2.19. The molecular formula is C21H21ClO6S. The molecule has 0 saturated carbocycles. The van der Waals surface area contributed by atoms with Gasteiger partial charge in [-0.25, -0.2) is 18.6 Å². The largest absolute Gasteiger partial charge is 0.497 e. The summed E-state index contributed by atoms with van der Waals surface area (Å²) in [7, 11) is -1.56. The van der Waals surface area contributed by atoms with Crippen molar-refractivity contribution < 1.29 is 38.4 Å². The normalized spacial score (nSPS) is 10.7. The second-order valence-electron chi connectivity index (χ2n) is 5.83. The zero-order chi connectivity index (χ0) is 21.4. The molecule has 6 nitrogen and oxygen atoms in total. The van der Waals surface area contributed by atoms with Crippen molar-refractivity contribution in [1.29, 1.82) is 0 Å². The maximum Gasteiger partial charge on any atom is 0.246 e. The van der Waals surface area contributed by atoms with Crippen molar-refractivity contribution in [2.24, 2.45) is 0 Å². The Morgan fingerprint density at radius 1 is 0.724 bits per heavy atom. The molecule has 1 heterocycles. The molecule has 0 unspecified atom stereocenters. The third kappa shape index (κ3) is 7.25. The molecule has 154 valence electrons. The topological polar surface area (TPSA) is 111 Å². The van der Waals surface area contributed by atoms with E-state index in [1.165, 1.54) is 26.4 Å². The molecule has 0 radical (unpaired) electrons. The SMILES string of the molecule is CCc1ccc(-c2ccc(OC)cc2)c(-c2ccc(OC)cc2)[s+]1.[O-][Cl+3]([O-])([O-])[O-]. The van der Waals surface area contributed by atoms with Gasteiger partial charge in [-0.05, 0) is 54.1 Å². The summed E-state index contributed by atoms with van der Waals surface area (Å²) >= 11 is 1.85. The van der Waals surface area contributed by atoms with Crippen molar-refractivity contribution in [3.63, 3.8) is 0 Å². The Kier molecular flexibility index (Phi) is 8.33. The number of benzene rings is 2. The van der Waals surface area contributed by atoms with Crippen LogP contribution in [0.2, 0.25) is 0 Å². The van der Waals surface area contributed by atoms with Gasteiger partial charge in [-0.1, -0.05) is 19.1 Å². The average molecular weight is 437 g/mol. The van der Waals surface area contributed by atoms with Gasteiger partial charge in [0, 0.05) is 17.5 Å². The van der Waals surface area contributed by atoms with Crippen LogP contribution in [0, 0.1) is 10.2 Å². The van der Waals surface area contributed by atoms with Gasteiger partial charge in [0.15, 0.2) is 0 Å². The highest BCUT2D eigenvalue weighted by molar-refractivity contribution is 7.15. The molecule has 3 rings (SSSR count). The molecule has 0 aliphatic carbocycles. The maximum absolute atomic E-state index is 8.49. The van der Waals surface area contributed by atoms with Crippen molar-refractivity contribution in [1.82, 2.24) is 0 Å². The minimum Gasteiger partial charge on any atom is -0.497 e. The molecule has 0 N–H and O–H groups in total. The lowest BCUT2D eigenvalue weighted by Gasteiger charge is -2.17. The highest BCUT2D eigenvalue weighted by Gasteiger charge is 2.20. The van der Waals surface area contributed by atoms with Gasteiger partial charge in [-0.15, -0.1) is 10.2 Å². The molecule has 0 fully saturated rings. The van der Waals surface area contributed by atoms with Gasteiger partial charge in [0.2, 0.25) is 21.1 Å². The third-order valence-electron chi connectivity index (χ3n) is 4.02. The van der Waals surface area contributed by atoms with Gasteiger partial charge >= 0.3 is 0 Å². The first-order valence-electron chi connectivity index (χ1n) is 8.61. The Balaban J connectivity index is 0.000000537. The Hall–Kier alpha value is -2.26. The Morgan fingerprint density at radius 3 is 1.59 bits per heavy atom. The standard InChI is InChI=1S/C21H21O2S.ClHO4/c1-4-19-13-14-20(15-5-9-17(22-2)10-6-15)21(24-19)16-7-11-18(23-3)12-8-16;2-1(3,4)5/h5-14H,4H2,1-3H3;(H,2,3,4,5)/q+1;/p-1. The molecule has 0 saturated heterocycles. The van der Waals surface area contributed by atoms with Gasteiger partial charge in [0.1, 0.15) is 11.5 Å². The van der Waals surface area contributed by atoms with Gasteiger partial charge in [-0.3, -0.25) is 0 Å². The van der Waals surface area contributed by atoms with E-state index in [0.29, 0.717) is 0 Å². The number of rotatable bonds is 5. The number of hydrogen-bond acceptors (Lipinski definition) is 6. The Bertz CT molecular complexity index is 902. The lowest BCUT2D eigenvalue weighted by molar-refractivity contribution is -2.00. The van der Waals surface area contributed by atoms with Crippen LogP contribution in [-0.4, -0.2) is 14.2 Å². The summed E-state index contributed by atoms with van der Waals surface area (Å²) in [6, 6.07) is 20.9. The Morgan fingerprint density at radius 2 is 1.17 bits per heavy atom. The van der Waals surface area contributed by atoms with Crippen LogP contribution in [0.4, 0.5) is 0 Å². The second-order valence-corrected chi connectivity index (χ2v) is 7.73. The summed E-state index contributed by atoms with van der Waals surface area (Å²) in [5.74, 6) is 1.75. The van der Waals surface area contributed by atoms with E-state index in [1.54, 1.807) is 14.2 Å². The highest BCUT2D eigenvalue weighted by Crippen LogP contribution is 2.38. The van der Waals surface area contributed by atoms with Crippen LogP contribution in [0.5, 0.6) is 11.5 Å². The van der Waals surface area contributed by atoms with Crippen LogP contribution >= 0.6 is 11.3 Å². The van der Waals surface area contributed by atoms with E-state index >= 15 is 0 Å². The highest BCUT2D eigenvalue weighted by atomic mass is 35.7. The zero-order valence-corrected chi connectivity index (χ0v) is 17.8. The van der Waals surface area contributed by atoms with E-state index in [-0.39, 0.29) is 0 Å². The second kappa shape index (κ2) is 10.5. The monoisotopic (exact) mass is 436 g/mol. The maximum atomic E-state index is 8.49. The fourth-order valence-corrected chi connectivity index (χ4v) is 3.71. The van der Waals surface area contributed by atoms with E-state index in [1.807, 2.05) is 35.6 Å². The van der Waals surface area contributed by atoms with Crippen molar-refractivity contribution >= 4 is 11.3 Å². The summed E-state index contributed by atoms with van der Waals surface area (Å²) < 4.78 is 44.5. The summed E-state index contributed by atoms with van der Waals surface area (Å²) in [5.41, 5.74) is 3.65. The van der Waals surface area contributed by atoms with Crippen LogP contribution in [0.25, 0.3) is 21.6 Å². The van der Waals surface area contributed by atoms with E-state index < -0.39 is 10.2 Å². The smallest absolute Gasteiger partial charge is 0.246 e. The summed E-state index contributed by atoms with van der Waals surface area (Å²) in [4.78, 5) is 2.65. The van der Waals surface area contributed by atoms with Crippen molar-refractivity contribution in [2.75, 3.05) is 14.2 Å². The molecule has 0 amide bonds. The third-order valence-corrected chi connectivity index (χ3v) is 5.36. The van der Waals surface area contributed by atoms with Crippen LogP contribution in [-0.2, 0) is 6.42 Å². The fraction of sp³-hybridized carbons (Fsp3) is 0.190. The van der Waals surface area contributed by atoms with Crippen LogP contribution in [0.1, 0.15) is 11.8 Å². The van der Waals surface area contributed by atoms with Gasteiger partial charge in [-0.2, -0.15) is 0 Å². The fourth-order valence-electron chi connectivity index (χ4n) is 2.62. The van der Waals surface area contributed by atoms with Crippen LogP contribution < -0.4 is 28.1 Å². The molecule has 1 aromatic heterocycles. The number of aryl methyl sites for hydroxylation is 1.